The predicted molar refractivity (Wildman–Crippen MR) is 75.6 cm³/mol. The molecule has 0 fully saturated rings. The third-order valence-corrected chi connectivity index (χ3v) is 2.89. The molecule has 0 atom stereocenters. The molecule has 1 amide bonds. The Kier molecular flexibility index (Phi) is 4.84. The topological polar surface area (TPSA) is 84.1 Å². The number of hydrogen-bond donors (Lipinski definition) is 2. The summed E-state index contributed by atoms with van der Waals surface area (Å²) >= 11 is 0. The van der Waals surface area contributed by atoms with Crippen molar-refractivity contribution in [2.45, 2.75) is 12.8 Å². The maximum Gasteiger partial charge on any atom is 0.270 e. The van der Waals surface area contributed by atoms with Gasteiger partial charge in [-0.3, -0.25) is 9.59 Å². The van der Waals surface area contributed by atoms with Crippen LogP contribution in [0.3, 0.4) is 0 Å². The third-order valence-electron chi connectivity index (χ3n) is 2.89. The van der Waals surface area contributed by atoms with Crippen molar-refractivity contribution in [2.24, 2.45) is 0 Å². The number of H-pyrrole nitrogens is 1. The number of nitrogens with one attached hydrogen (secondary N) is 2. The highest BCUT2D eigenvalue weighted by Crippen LogP contribution is 2.06. The van der Waals surface area contributed by atoms with Gasteiger partial charge in [0.1, 0.15) is 5.69 Å². The van der Waals surface area contributed by atoms with Crippen LogP contribution < -0.4 is 10.9 Å². The van der Waals surface area contributed by atoms with Gasteiger partial charge in [0.15, 0.2) is 0 Å². The number of rotatable bonds is 6. The highest BCUT2D eigenvalue weighted by Gasteiger charge is 2.07. The molecule has 2 rings (SSSR count). The second kappa shape index (κ2) is 6.81. The maximum absolute atomic E-state index is 11.8. The van der Waals surface area contributed by atoms with Crippen molar-refractivity contribution >= 4 is 16.9 Å². The molecule has 0 spiro atoms. The van der Waals surface area contributed by atoms with Gasteiger partial charge in [-0.2, -0.15) is 0 Å². The molecular weight excluding hydrogens is 258 g/mol. The summed E-state index contributed by atoms with van der Waals surface area (Å²) < 4.78 is 4.84. The molecule has 1 aromatic carbocycles. The van der Waals surface area contributed by atoms with E-state index in [4.69, 9.17) is 4.74 Å². The minimum Gasteiger partial charge on any atom is -0.383 e. The smallest absolute Gasteiger partial charge is 0.270 e. The lowest BCUT2D eigenvalue weighted by Gasteiger charge is -2.04. The van der Waals surface area contributed by atoms with Gasteiger partial charge in [-0.1, -0.05) is 12.1 Å². The number of carbonyl (C=O) groups excluding carboxylic acids is 1. The fourth-order valence-corrected chi connectivity index (χ4v) is 1.85. The molecule has 0 radical (unpaired) electrons. The number of amides is 1. The number of aromatic nitrogens is 2. The molecule has 2 N–H and O–H groups in total. The largest absolute Gasteiger partial charge is 0.383 e. The molecule has 6 heteroatoms. The van der Waals surface area contributed by atoms with Gasteiger partial charge in [0.2, 0.25) is 5.91 Å². The van der Waals surface area contributed by atoms with Crippen LogP contribution in [0.25, 0.3) is 11.0 Å². The van der Waals surface area contributed by atoms with E-state index in [9.17, 15) is 9.59 Å². The highest BCUT2D eigenvalue weighted by molar-refractivity contribution is 5.76. The lowest BCUT2D eigenvalue weighted by atomic mass is 10.2. The van der Waals surface area contributed by atoms with Crippen molar-refractivity contribution in [3.05, 3.63) is 40.3 Å². The molecular formula is C14H17N3O3. The lowest BCUT2D eigenvalue weighted by molar-refractivity contribution is -0.121. The molecule has 0 unspecified atom stereocenters. The predicted octanol–water partition coefficient (Wildman–Crippen LogP) is 0.618. The zero-order chi connectivity index (χ0) is 14.4. The number of para-hydroxylation sites is 2. The average Bonchev–Trinajstić information content (AvgIpc) is 2.45. The molecule has 0 bridgehead atoms. The second-order valence-electron chi connectivity index (χ2n) is 4.37. The standard InChI is InChI=1S/C14H17N3O3/c1-20-9-8-15-13(18)7-6-12-14(19)17-11-5-3-2-4-10(11)16-12/h2-5H,6-9H2,1H3,(H,15,18)(H,17,19). The summed E-state index contributed by atoms with van der Waals surface area (Å²) in [6.45, 7) is 0.942. The van der Waals surface area contributed by atoms with Gasteiger partial charge in [0.05, 0.1) is 17.6 Å². The summed E-state index contributed by atoms with van der Waals surface area (Å²) in [4.78, 5) is 30.5. The molecule has 1 heterocycles. The Balaban J connectivity index is 2.01. The Bertz CT molecular complexity index is 651. The number of benzene rings is 1. The van der Waals surface area contributed by atoms with Crippen LogP contribution in [0.15, 0.2) is 29.1 Å². The van der Waals surface area contributed by atoms with Gasteiger partial charge in [0.25, 0.3) is 5.56 Å². The summed E-state index contributed by atoms with van der Waals surface area (Å²) in [5.41, 5.74) is 1.56. The van der Waals surface area contributed by atoms with Crippen molar-refractivity contribution in [2.75, 3.05) is 20.3 Å². The van der Waals surface area contributed by atoms with E-state index < -0.39 is 0 Å². The van der Waals surface area contributed by atoms with E-state index in [2.05, 4.69) is 15.3 Å². The Morgan fingerprint density at radius 1 is 1.40 bits per heavy atom. The number of methoxy groups -OCH3 is 1. The summed E-state index contributed by atoms with van der Waals surface area (Å²) in [6, 6.07) is 7.32. The number of aromatic amines is 1. The minimum atomic E-state index is -0.242. The Morgan fingerprint density at radius 2 is 2.20 bits per heavy atom. The van der Waals surface area contributed by atoms with E-state index in [0.717, 1.165) is 5.52 Å². The van der Waals surface area contributed by atoms with E-state index in [1.54, 1.807) is 13.2 Å². The van der Waals surface area contributed by atoms with E-state index >= 15 is 0 Å². The van der Waals surface area contributed by atoms with Crippen molar-refractivity contribution in [3.63, 3.8) is 0 Å². The molecule has 1 aromatic heterocycles. The van der Waals surface area contributed by atoms with Gasteiger partial charge in [-0.05, 0) is 12.1 Å². The van der Waals surface area contributed by atoms with Crippen molar-refractivity contribution in [3.8, 4) is 0 Å². The number of aryl methyl sites for hydroxylation is 1. The van der Waals surface area contributed by atoms with Gasteiger partial charge >= 0.3 is 0 Å². The van der Waals surface area contributed by atoms with E-state index in [-0.39, 0.29) is 17.9 Å². The van der Waals surface area contributed by atoms with Crippen LogP contribution in [-0.4, -0.2) is 36.1 Å². The zero-order valence-electron chi connectivity index (χ0n) is 11.3. The van der Waals surface area contributed by atoms with Gasteiger partial charge < -0.3 is 15.0 Å². The van der Waals surface area contributed by atoms with Gasteiger partial charge in [0, 0.05) is 26.5 Å². The molecule has 2 aromatic rings. The Labute approximate surface area is 116 Å². The quantitative estimate of drug-likeness (QED) is 0.757. The Morgan fingerprint density at radius 3 is 3.00 bits per heavy atom. The number of hydrogen-bond acceptors (Lipinski definition) is 4. The fraction of sp³-hybridized carbons (Fsp3) is 0.357. The van der Waals surface area contributed by atoms with Crippen molar-refractivity contribution in [1.29, 1.82) is 0 Å². The van der Waals surface area contributed by atoms with Crippen molar-refractivity contribution < 1.29 is 9.53 Å². The molecule has 6 nitrogen and oxygen atoms in total. The van der Waals surface area contributed by atoms with Gasteiger partial charge in [-0.25, -0.2) is 4.98 Å². The van der Waals surface area contributed by atoms with E-state index in [0.29, 0.717) is 30.8 Å². The minimum absolute atomic E-state index is 0.114. The highest BCUT2D eigenvalue weighted by atomic mass is 16.5. The number of carbonyl (C=O) groups is 1. The lowest BCUT2D eigenvalue weighted by Crippen LogP contribution is -2.28. The number of fused-ring (bicyclic) bond motifs is 1. The summed E-state index contributed by atoms with van der Waals surface area (Å²) in [7, 11) is 1.57. The fourth-order valence-electron chi connectivity index (χ4n) is 1.85. The molecule has 0 aliphatic heterocycles. The summed E-state index contributed by atoms with van der Waals surface area (Å²) in [6.07, 6.45) is 0.553. The van der Waals surface area contributed by atoms with Crippen LogP contribution >= 0.6 is 0 Å². The molecule has 0 aliphatic rings. The first-order chi connectivity index (χ1) is 9.70. The second-order valence-corrected chi connectivity index (χ2v) is 4.37. The molecule has 0 saturated carbocycles. The number of nitrogens with zero attached hydrogens (tertiary/aromatic N) is 1. The number of ether oxygens (including phenoxy) is 1. The monoisotopic (exact) mass is 275 g/mol. The van der Waals surface area contributed by atoms with Crippen LogP contribution in [-0.2, 0) is 16.0 Å². The van der Waals surface area contributed by atoms with Crippen LogP contribution in [0.5, 0.6) is 0 Å². The molecule has 0 aliphatic carbocycles. The van der Waals surface area contributed by atoms with Crippen molar-refractivity contribution in [1.82, 2.24) is 15.3 Å². The molecule has 0 saturated heterocycles. The van der Waals surface area contributed by atoms with Crippen LogP contribution in [0.1, 0.15) is 12.1 Å². The zero-order valence-corrected chi connectivity index (χ0v) is 11.3. The van der Waals surface area contributed by atoms with E-state index in [1.165, 1.54) is 0 Å². The maximum atomic E-state index is 11.8. The third kappa shape index (κ3) is 3.64. The first-order valence-electron chi connectivity index (χ1n) is 6.44. The van der Waals surface area contributed by atoms with Crippen LogP contribution in [0.2, 0.25) is 0 Å². The summed E-state index contributed by atoms with van der Waals surface area (Å²) in [5, 5.41) is 2.71. The van der Waals surface area contributed by atoms with Gasteiger partial charge in [-0.15, -0.1) is 0 Å². The normalized spacial score (nSPS) is 10.7. The average molecular weight is 275 g/mol. The first kappa shape index (κ1) is 14.2. The van der Waals surface area contributed by atoms with Crippen LogP contribution in [0, 0.1) is 0 Å². The Hall–Kier alpha value is -2.21. The summed E-state index contributed by atoms with van der Waals surface area (Å²) in [5.74, 6) is -0.114. The SMILES string of the molecule is COCCNC(=O)CCc1nc2ccccc2[nH]c1=O. The first-order valence-corrected chi connectivity index (χ1v) is 6.44. The van der Waals surface area contributed by atoms with Crippen LogP contribution in [0.4, 0.5) is 0 Å². The molecule has 106 valence electrons. The molecule has 20 heavy (non-hydrogen) atoms. The van der Waals surface area contributed by atoms with E-state index in [1.807, 2.05) is 18.2 Å².